The van der Waals surface area contributed by atoms with E-state index in [2.05, 4.69) is 12.2 Å². The lowest BCUT2D eigenvalue weighted by molar-refractivity contribution is 0.355. The van der Waals surface area contributed by atoms with Crippen LogP contribution in [0.1, 0.15) is 69.9 Å². The Balaban J connectivity index is 2.10. The summed E-state index contributed by atoms with van der Waals surface area (Å²) in [5, 5.41) is 4.25. The van der Waals surface area contributed by atoms with Crippen LogP contribution in [0.2, 0.25) is 5.02 Å². The fraction of sp³-hybridized carbons (Fsp3) is 0.667. The van der Waals surface area contributed by atoms with Crippen molar-refractivity contribution in [1.82, 2.24) is 5.32 Å². The first-order chi connectivity index (χ1) is 10.2. The second-order valence-corrected chi connectivity index (χ2v) is 6.67. The van der Waals surface area contributed by atoms with Gasteiger partial charge in [-0.2, -0.15) is 0 Å². The van der Waals surface area contributed by atoms with Crippen LogP contribution in [0.5, 0.6) is 0 Å². The number of halogens is 2. The van der Waals surface area contributed by atoms with Gasteiger partial charge in [0.25, 0.3) is 0 Å². The number of benzene rings is 1. The maximum absolute atomic E-state index is 13.6. The van der Waals surface area contributed by atoms with Gasteiger partial charge in [-0.1, -0.05) is 57.0 Å². The number of nitrogens with one attached hydrogen (secondary N) is 1. The van der Waals surface area contributed by atoms with Crippen LogP contribution in [0.4, 0.5) is 4.39 Å². The highest BCUT2D eigenvalue weighted by atomic mass is 35.5. The molecule has 1 aromatic carbocycles. The SMILES string of the molecule is CCCNC(CC1CCCCCC1)c1cc(F)ccc1Cl. The lowest BCUT2D eigenvalue weighted by Gasteiger charge is -2.25. The Morgan fingerprint density at radius 3 is 2.62 bits per heavy atom. The molecule has 0 radical (unpaired) electrons. The van der Waals surface area contributed by atoms with Crippen LogP contribution >= 0.6 is 11.6 Å². The van der Waals surface area contributed by atoms with Crippen molar-refractivity contribution in [2.75, 3.05) is 6.54 Å². The van der Waals surface area contributed by atoms with Gasteiger partial charge in [-0.05, 0) is 49.1 Å². The summed E-state index contributed by atoms with van der Waals surface area (Å²) in [6.45, 7) is 3.10. The molecule has 1 aliphatic rings. The summed E-state index contributed by atoms with van der Waals surface area (Å²) < 4.78 is 13.6. The van der Waals surface area contributed by atoms with Crippen molar-refractivity contribution < 1.29 is 4.39 Å². The van der Waals surface area contributed by atoms with Crippen molar-refractivity contribution in [3.8, 4) is 0 Å². The van der Waals surface area contributed by atoms with Gasteiger partial charge >= 0.3 is 0 Å². The quantitative estimate of drug-likeness (QED) is 0.647. The number of hydrogen-bond donors (Lipinski definition) is 1. The topological polar surface area (TPSA) is 12.0 Å². The van der Waals surface area contributed by atoms with E-state index < -0.39 is 0 Å². The summed E-state index contributed by atoms with van der Waals surface area (Å²) in [6.07, 6.45) is 10.2. The van der Waals surface area contributed by atoms with E-state index in [1.54, 1.807) is 12.1 Å². The average molecular weight is 312 g/mol. The summed E-state index contributed by atoms with van der Waals surface area (Å²) in [5.74, 6) is 0.541. The van der Waals surface area contributed by atoms with E-state index in [0.717, 1.165) is 30.9 Å². The van der Waals surface area contributed by atoms with E-state index in [1.165, 1.54) is 44.6 Å². The molecule has 3 heteroatoms. The zero-order valence-electron chi connectivity index (χ0n) is 13.0. The Morgan fingerprint density at radius 1 is 1.24 bits per heavy atom. The molecule has 0 bridgehead atoms. The predicted octanol–water partition coefficient (Wildman–Crippen LogP) is 5.88. The summed E-state index contributed by atoms with van der Waals surface area (Å²) in [4.78, 5) is 0. The van der Waals surface area contributed by atoms with E-state index in [1.807, 2.05) is 0 Å². The summed E-state index contributed by atoms with van der Waals surface area (Å²) >= 11 is 6.31. The molecule has 1 fully saturated rings. The standard InChI is InChI=1S/C18H27ClFN/c1-2-11-21-18(12-14-7-5-3-4-6-8-14)16-13-15(20)9-10-17(16)19/h9-10,13-14,18,21H,2-8,11-12H2,1H3. The van der Waals surface area contributed by atoms with Crippen LogP contribution in [0.15, 0.2) is 18.2 Å². The minimum Gasteiger partial charge on any atom is -0.310 e. The Bertz CT molecular complexity index is 427. The molecule has 0 heterocycles. The van der Waals surface area contributed by atoms with Crippen LogP contribution in [0.25, 0.3) is 0 Å². The Hall–Kier alpha value is -0.600. The fourth-order valence-electron chi connectivity index (χ4n) is 3.35. The Kier molecular flexibility index (Phi) is 6.98. The molecule has 0 aliphatic heterocycles. The lowest BCUT2D eigenvalue weighted by atomic mass is 9.89. The summed E-state index contributed by atoms with van der Waals surface area (Å²) in [7, 11) is 0. The minimum atomic E-state index is -0.196. The van der Waals surface area contributed by atoms with Crippen LogP contribution in [-0.4, -0.2) is 6.54 Å². The third-order valence-electron chi connectivity index (χ3n) is 4.52. The molecule has 1 aromatic rings. The van der Waals surface area contributed by atoms with Gasteiger partial charge < -0.3 is 5.32 Å². The largest absolute Gasteiger partial charge is 0.310 e. The molecule has 1 unspecified atom stereocenters. The van der Waals surface area contributed by atoms with Crippen molar-refractivity contribution in [2.45, 2.75) is 64.3 Å². The van der Waals surface area contributed by atoms with Crippen molar-refractivity contribution in [3.63, 3.8) is 0 Å². The van der Waals surface area contributed by atoms with E-state index in [4.69, 9.17) is 11.6 Å². The summed E-state index contributed by atoms with van der Waals surface area (Å²) in [6, 6.07) is 4.90. The molecular weight excluding hydrogens is 285 g/mol. The van der Waals surface area contributed by atoms with Gasteiger partial charge in [0.1, 0.15) is 5.82 Å². The maximum atomic E-state index is 13.6. The normalized spacial score (nSPS) is 18.4. The van der Waals surface area contributed by atoms with Crippen LogP contribution < -0.4 is 5.32 Å². The molecule has 0 saturated heterocycles. The third kappa shape index (κ3) is 5.27. The number of rotatable bonds is 6. The first kappa shape index (κ1) is 16.8. The molecule has 0 amide bonds. The zero-order chi connectivity index (χ0) is 15.1. The first-order valence-electron chi connectivity index (χ1n) is 8.39. The van der Waals surface area contributed by atoms with Crippen molar-refractivity contribution in [3.05, 3.63) is 34.6 Å². The van der Waals surface area contributed by atoms with Gasteiger partial charge in [-0.15, -0.1) is 0 Å². The van der Waals surface area contributed by atoms with Crippen molar-refractivity contribution >= 4 is 11.6 Å². The molecule has 1 atom stereocenters. The Morgan fingerprint density at radius 2 is 1.95 bits per heavy atom. The Labute approximate surface area is 133 Å². The van der Waals surface area contributed by atoms with Crippen molar-refractivity contribution in [2.24, 2.45) is 5.92 Å². The van der Waals surface area contributed by atoms with E-state index in [9.17, 15) is 4.39 Å². The van der Waals surface area contributed by atoms with Gasteiger partial charge in [0, 0.05) is 11.1 Å². The molecule has 21 heavy (non-hydrogen) atoms. The second kappa shape index (κ2) is 8.75. The van der Waals surface area contributed by atoms with Crippen LogP contribution in [0.3, 0.4) is 0 Å². The van der Waals surface area contributed by atoms with Gasteiger partial charge in [0.05, 0.1) is 0 Å². The van der Waals surface area contributed by atoms with Gasteiger partial charge in [-0.3, -0.25) is 0 Å². The van der Waals surface area contributed by atoms with Gasteiger partial charge in [-0.25, -0.2) is 4.39 Å². The average Bonchev–Trinajstić information content (AvgIpc) is 2.75. The molecule has 118 valence electrons. The molecule has 1 saturated carbocycles. The minimum absolute atomic E-state index is 0.177. The van der Waals surface area contributed by atoms with E-state index in [0.29, 0.717) is 5.02 Å². The highest BCUT2D eigenvalue weighted by Crippen LogP contribution is 2.34. The smallest absolute Gasteiger partial charge is 0.123 e. The van der Waals surface area contributed by atoms with E-state index >= 15 is 0 Å². The van der Waals surface area contributed by atoms with Gasteiger partial charge in [0.2, 0.25) is 0 Å². The second-order valence-electron chi connectivity index (χ2n) is 6.27. The number of hydrogen-bond acceptors (Lipinski definition) is 1. The summed E-state index contributed by atoms with van der Waals surface area (Å²) in [5.41, 5.74) is 0.925. The molecule has 1 nitrogen and oxygen atoms in total. The van der Waals surface area contributed by atoms with Crippen molar-refractivity contribution in [1.29, 1.82) is 0 Å². The lowest BCUT2D eigenvalue weighted by Crippen LogP contribution is -2.25. The van der Waals surface area contributed by atoms with E-state index in [-0.39, 0.29) is 11.9 Å². The molecule has 1 aliphatic carbocycles. The molecule has 1 N–H and O–H groups in total. The molecule has 0 aromatic heterocycles. The third-order valence-corrected chi connectivity index (χ3v) is 4.86. The van der Waals surface area contributed by atoms with Crippen LogP contribution in [-0.2, 0) is 0 Å². The maximum Gasteiger partial charge on any atom is 0.123 e. The van der Waals surface area contributed by atoms with Gasteiger partial charge in [0.15, 0.2) is 0 Å². The highest BCUT2D eigenvalue weighted by Gasteiger charge is 2.21. The molecule has 2 rings (SSSR count). The predicted molar refractivity (Wildman–Crippen MR) is 88.3 cm³/mol. The first-order valence-corrected chi connectivity index (χ1v) is 8.76. The molecular formula is C18H27ClFN. The zero-order valence-corrected chi connectivity index (χ0v) is 13.8. The monoisotopic (exact) mass is 311 g/mol. The fourth-order valence-corrected chi connectivity index (χ4v) is 3.60. The molecule has 0 spiro atoms. The highest BCUT2D eigenvalue weighted by molar-refractivity contribution is 6.31. The van der Waals surface area contributed by atoms with Crippen LogP contribution in [0, 0.1) is 11.7 Å².